The third-order valence-electron chi connectivity index (χ3n) is 4.59. The lowest BCUT2D eigenvalue weighted by atomic mass is 10.1. The standard InChI is InChI=1S/C20H19N3OS/c1-21-20-22(2)19(24)18(25-20)11-14-7-9-17(10-8-14)23-12-15-5-3-4-6-16(15)13-23/h3-11H,12-13H2,1-2H3/b18-11-,21-20?. The van der Waals surface area contributed by atoms with E-state index in [0.717, 1.165) is 23.8 Å². The Balaban J connectivity index is 1.52. The lowest BCUT2D eigenvalue weighted by Crippen LogP contribution is -2.23. The zero-order valence-electron chi connectivity index (χ0n) is 14.3. The molecule has 0 saturated carbocycles. The number of nitrogens with zero attached hydrogens (tertiary/aromatic N) is 3. The van der Waals surface area contributed by atoms with Crippen LogP contribution < -0.4 is 4.90 Å². The van der Waals surface area contributed by atoms with E-state index < -0.39 is 0 Å². The number of anilines is 1. The maximum Gasteiger partial charge on any atom is 0.266 e. The molecule has 1 fully saturated rings. The second-order valence-electron chi connectivity index (χ2n) is 6.20. The summed E-state index contributed by atoms with van der Waals surface area (Å²) in [5, 5.41) is 0.739. The van der Waals surface area contributed by atoms with Crippen LogP contribution in [-0.4, -0.2) is 30.1 Å². The number of benzene rings is 2. The van der Waals surface area contributed by atoms with Gasteiger partial charge in [0.1, 0.15) is 0 Å². The van der Waals surface area contributed by atoms with Gasteiger partial charge in [0, 0.05) is 32.9 Å². The second-order valence-corrected chi connectivity index (χ2v) is 7.21. The fourth-order valence-electron chi connectivity index (χ4n) is 3.20. The number of hydrogen-bond donors (Lipinski definition) is 0. The number of amidine groups is 1. The number of carbonyl (C=O) groups excluding carboxylic acids is 1. The van der Waals surface area contributed by atoms with Gasteiger partial charge in [-0.15, -0.1) is 0 Å². The van der Waals surface area contributed by atoms with Crippen LogP contribution in [0.15, 0.2) is 58.4 Å². The maximum atomic E-state index is 12.2. The highest BCUT2D eigenvalue weighted by molar-refractivity contribution is 8.18. The van der Waals surface area contributed by atoms with Crippen molar-refractivity contribution in [3.8, 4) is 0 Å². The van der Waals surface area contributed by atoms with Crippen molar-refractivity contribution in [2.24, 2.45) is 4.99 Å². The number of likely N-dealkylation sites (N-methyl/N-ethyl adjacent to an activating group) is 1. The van der Waals surface area contributed by atoms with Crippen molar-refractivity contribution in [3.63, 3.8) is 0 Å². The van der Waals surface area contributed by atoms with Crippen molar-refractivity contribution in [1.29, 1.82) is 0 Å². The molecular weight excluding hydrogens is 330 g/mol. The third kappa shape index (κ3) is 2.96. The number of aliphatic imine (C=N–C) groups is 1. The average Bonchev–Trinajstić information content (AvgIpc) is 3.19. The van der Waals surface area contributed by atoms with E-state index in [9.17, 15) is 4.79 Å². The minimum absolute atomic E-state index is 0.00432. The molecule has 2 aromatic rings. The molecule has 126 valence electrons. The largest absolute Gasteiger partial charge is 0.363 e. The van der Waals surface area contributed by atoms with E-state index in [1.165, 1.54) is 28.6 Å². The second kappa shape index (κ2) is 6.41. The molecule has 2 aromatic carbocycles. The van der Waals surface area contributed by atoms with Crippen LogP contribution in [0, 0.1) is 0 Å². The zero-order chi connectivity index (χ0) is 17.4. The molecule has 0 atom stereocenters. The highest BCUT2D eigenvalue weighted by Gasteiger charge is 2.29. The summed E-state index contributed by atoms with van der Waals surface area (Å²) in [7, 11) is 3.46. The Morgan fingerprint density at radius 2 is 1.68 bits per heavy atom. The Labute approximate surface area is 151 Å². The zero-order valence-corrected chi connectivity index (χ0v) is 15.1. The summed E-state index contributed by atoms with van der Waals surface area (Å²) >= 11 is 1.42. The first-order chi connectivity index (χ1) is 12.2. The lowest BCUT2D eigenvalue weighted by molar-refractivity contribution is -0.121. The smallest absolute Gasteiger partial charge is 0.266 e. The van der Waals surface area contributed by atoms with Crippen LogP contribution in [0.3, 0.4) is 0 Å². The minimum atomic E-state index is 0.00432. The summed E-state index contributed by atoms with van der Waals surface area (Å²) in [5.74, 6) is 0.00432. The Morgan fingerprint density at radius 3 is 2.24 bits per heavy atom. The van der Waals surface area contributed by atoms with Crippen LogP contribution in [0.1, 0.15) is 16.7 Å². The van der Waals surface area contributed by atoms with Gasteiger partial charge in [-0.1, -0.05) is 36.4 Å². The molecule has 2 aliphatic heterocycles. The Kier molecular flexibility index (Phi) is 4.09. The fraction of sp³-hybridized carbons (Fsp3) is 0.200. The molecule has 1 amide bonds. The Morgan fingerprint density at radius 1 is 1.04 bits per heavy atom. The first kappa shape index (κ1) is 16.0. The normalized spacial score (nSPS) is 20.0. The molecule has 0 aromatic heterocycles. The predicted molar refractivity (Wildman–Crippen MR) is 104 cm³/mol. The van der Waals surface area contributed by atoms with Crippen LogP contribution in [0.2, 0.25) is 0 Å². The van der Waals surface area contributed by atoms with E-state index in [2.05, 4.69) is 58.4 Å². The van der Waals surface area contributed by atoms with Crippen LogP contribution >= 0.6 is 11.8 Å². The van der Waals surface area contributed by atoms with Crippen molar-refractivity contribution in [2.45, 2.75) is 13.1 Å². The van der Waals surface area contributed by atoms with Crippen LogP contribution in [-0.2, 0) is 17.9 Å². The van der Waals surface area contributed by atoms with Crippen molar-refractivity contribution >= 4 is 34.6 Å². The van der Waals surface area contributed by atoms with Gasteiger partial charge < -0.3 is 4.90 Å². The van der Waals surface area contributed by atoms with Gasteiger partial charge in [0.05, 0.1) is 4.91 Å². The molecule has 25 heavy (non-hydrogen) atoms. The SMILES string of the molecule is CN=C1S/C(=C\c2ccc(N3Cc4ccccc4C3)cc2)C(=O)N1C. The van der Waals surface area contributed by atoms with Crippen LogP contribution in [0.25, 0.3) is 6.08 Å². The molecule has 0 spiro atoms. The summed E-state index contributed by atoms with van der Waals surface area (Å²) < 4.78 is 0. The molecule has 0 aliphatic carbocycles. The van der Waals surface area contributed by atoms with E-state index in [4.69, 9.17) is 0 Å². The van der Waals surface area contributed by atoms with E-state index in [1.807, 2.05) is 6.08 Å². The maximum absolute atomic E-state index is 12.2. The highest BCUT2D eigenvalue weighted by atomic mass is 32.2. The topological polar surface area (TPSA) is 35.9 Å². The summed E-state index contributed by atoms with van der Waals surface area (Å²) in [6, 6.07) is 17.0. The molecule has 2 heterocycles. The Bertz CT molecular complexity index is 861. The summed E-state index contributed by atoms with van der Waals surface area (Å²) in [5.41, 5.74) is 5.03. The van der Waals surface area contributed by atoms with Crippen molar-refractivity contribution in [3.05, 3.63) is 70.1 Å². The number of carbonyl (C=O) groups is 1. The number of thioether (sulfide) groups is 1. The van der Waals surface area contributed by atoms with E-state index in [1.54, 1.807) is 19.0 Å². The molecule has 4 rings (SSSR count). The molecular formula is C20H19N3OS. The minimum Gasteiger partial charge on any atom is -0.363 e. The number of rotatable bonds is 2. The molecule has 0 N–H and O–H groups in total. The van der Waals surface area contributed by atoms with Crippen LogP contribution in [0.5, 0.6) is 0 Å². The number of fused-ring (bicyclic) bond motifs is 1. The first-order valence-corrected chi connectivity index (χ1v) is 9.03. The highest BCUT2D eigenvalue weighted by Crippen LogP contribution is 2.32. The van der Waals surface area contributed by atoms with E-state index >= 15 is 0 Å². The van der Waals surface area contributed by atoms with E-state index in [0.29, 0.717) is 4.91 Å². The van der Waals surface area contributed by atoms with Crippen molar-refractivity contribution in [1.82, 2.24) is 4.90 Å². The number of hydrogen-bond acceptors (Lipinski definition) is 4. The molecule has 5 heteroatoms. The monoisotopic (exact) mass is 349 g/mol. The van der Waals surface area contributed by atoms with E-state index in [-0.39, 0.29) is 5.91 Å². The quantitative estimate of drug-likeness (QED) is 0.775. The molecule has 1 saturated heterocycles. The average molecular weight is 349 g/mol. The molecule has 0 unspecified atom stereocenters. The number of amides is 1. The van der Waals surface area contributed by atoms with Gasteiger partial charge in [-0.3, -0.25) is 14.7 Å². The molecule has 4 nitrogen and oxygen atoms in total. The van der Waals surface area contributed by atoms with Gasteiger partial charge in [0.15, 0.2) is 5.17 Å². The van der Waals surface area contributed by atoms with Gasteiger partial charge >= 0.3 is 0 Å². The lowest BCUT2D eigenvalue weighted by Gasteiger charge is -2.17. The van der Waals surface area contributed by atoms with Crippen LogP contribution in [0.4, 0.5) is 5.69 Å². The fourth-order valence-corrected chi connectivity index (χ4v) is 4.13. The van der Waals surface area contributed by atoms with Gasteiger partial charge in [0.25, 0.3) is 5.91 Å². The molecule has 2 aliphatic rings. The van der Waals surface area contributed by atoms with Gasteiger partial charge in [-0.05, 0) is 46.7 Å². The Hall–Kier alpha value is -2.53. The predicted octanol–water partition coefficient (Wildman–Crippen LogP) is 3.74. The molecule has 0 bridgehead atoms. The van der Waals surface area contributed by atoms with Gasteiger partial charge in [0.2, 0.25) is 0 Å². The summed E-state index contributed by atoms with van der Waals surface area (Å²) in [4.78, 5) is 21.0. The van der Waals surface area contributed by atoms with Crippen molar-refractivity contribution < 1.29 is 4.79 Å². The van der Waals surface area contributed by atoms with Gasteiger partial charge in [-0.25, -0.2) is 0 Å². The summed E-state index contributed by atoms with van der Waals surface area (Å²) in [6.07, 6.45) is 1.93. The first-order valence-electron chi connectivity index (χ1n) is 8.22. The van der Waals surface area contributed by atoms with Crippen molar-refractivity contribution in [2.75, 3.05) is 19.0 Å². The van der Waals surface area contributed by atoms with Gasteiger partial charge in [-0.2, -0.15) is 0 Å². The third-order valence-corrected chi connectivity index (χ3v) is 5.74. The molecule has 0 radical (unpaired) electrons. The summed E-state index contributed by atoms with van der Waals surface area (Å²) in [6.45, 7) is 1.90.